The van der Waals surface area contributed by atoms with Crippen LogP contribution in [0.25, 0.3) is 22.5 Å². The molecule has 1 aromatic carbocycles. The molecule has 1 saturated heterocycles. The van der Waals surface area contributed by atoms with E-state index in [1.54, 1.807) is 39.0 Å². The number of furan rings is 1. The first-order valence-corrected chi connectivity index (χ1v) is 17.3. The smallest absolute Gasteiger partial charge is 0.408 e. The number of carbonyl (C=O) groups excluding carboxylic acids is 3. The average molecular weight is 739 g/mol. The van der Waals surface area contributed by atoms with Crippen molar-refractivity contribution in [3.8, 4) is 17.3 Å². The van der Waals surface area contributed by atoms with Crippen LogP contribution in [0.5, 0.6) is 5.88 Å². The molecule has 3 N–H and O–H groups in total. The molecule has 3 aromatic rings. The van der Waals surface area contributed by atoms with Crippen molar-refractivity contribution in [3.05, 3.63) is 53.2 Å². The number of carboxylic acids is 1. The predicted molar refractivity (Wildman–Crippen MR) is 181 cm³/mol. The molecular formula is C35H40BrN5O8. The third-order valence-corrected chi connectivity index (χ3v) is 9.36. The van der Waals surface area contributed by atoms with Gasteiger partial charge in [0.05, 0.1) is 17.6 Å². The van der Waals surface area contributed by atoms with E-state index in [1.807, 2.05) is 30.4 Å². The Morgan fingerprint density at radius 1 is 1.10 bits per heavy atom. The van der Waals surface area contributed by atoms with E-state index in [4.69, 9.17) is 23.9 Å². The molecule has 0 bridgehead atoms. The van der Waals surface area contributed by atoms with E-state index in [0.29, 0.717) is 40.0 Å². The fraction of sp³-hybridized carbons (Fsp3) is 0.486. The van der Waals surface area contributed by atoms with Gasteiger partial charge in [0.1, 0.15) is 29.3 Å². The summed E-state index contributed by atoms with van der Waals surface area (Å²) in [6, 6.07) is 8.68. The van der Waals surface area contributed by atoms with E-state index in [9.17, 15) is 24.3 Å². The fourth-order valence-corrected chi connectivity index (χ4v) is 6.73. The van der Waals surface area contributed by atoms with Crippen molar-refractivity contribution >= 4 is 50.8 Å². The number of aromatic nitrogens is 2. The number of para-hydroxylation sites is 2. The van der Waals surface area contributed by atoms with E-state index in [0.717, 1.165) is 19.3 Å². The van der Waals surface area contributed by atoms with Crippen molar-refractivity contribution in [2.45, 2.75) is 95.0 Å². The molecule has 260 valence electrons. The lowest BCUT2D eigenvalue weighted by molar-refractivity contribution is -0.145. The topological polar surface area (TPSA) is 173 Å². The normalized spacial score (nSPS) is 26.8. The van der Waals surface area contributed by atoms with Crippen LogP contribution >= 0.6 is 15.9 Å². The van der Waals surface area contributed by atoms with E-state index in [1.165, 1.54) is 4.90 Å². The lowest BCUT2D eigenvalue weighted by Crippen LogP contribution is -2.56. The summed E-state index contributed by atoms with van der Waals surface area (Å²) in [6.07, 6.45) is 5.95. The number of ether oxygens (including phenoxy) is 2. The molecule has 13 nitrogen and oxygen atoms in total. The standard InChI is InChI=1S/C35H40BrN5O8/c1-34(2,3)49-33(46)39-24-14-8-6-4-5-7-11-20-18-35(20,32(44)45)40-29(42)25-17-21(19-41(25)31(24)43)47-30-28(26-15-16-27(36)48-26)37-22-12-9-10-13-23(22)38-30/h7,9-13,15-16,20-21,24-25H,4-6,8,14,17-19H2,1-3H3,(H,39,46)(H,40,42)(H,44,45)/b11-7-/t20?,21-,24-,25?,35?/m1/s1. The molecule has 6 rings (SSSR count). The van der Waals surface area contributed by atoms with E-state index >= 15 is 0 Å². The van der Waals surface area contributed by atoms with Crippen LogP contribution in [-0.2, 0) is 19.1 Å². The van der Waals surface area contributed by atoms with Gasteiger partial charge < -0.3 is 34.5 Å². The highest BCUT2D eigenvalue weighted by Crippen LogP contribution is 2.45. The molecule has 5 atom stereocenters. The number of carboxylic acid groups (broad SMARTS) is 1. The Hall–Kier alpha value is -4.46. The van der Waals surface area contributed by atoms with E-state index in [-0.39, 0.29) is 31.2 Å². The number of alkyl carbamates (subject to hydrolysis) is 1. The average Bonchev–Trinajstić information content (AvgIpc) is 3.32. The summed E-state index contributed by atoms with van der Waals surface area (Å²) in [5.41, 5.74) is -0.714. The summed E-state index contributed by atoms with van der Waals surface area (Å²) in [5.74, 6) is -2.03. The van der Waals surface area contributed by atoms with Crippen LogP contribution in [0.1, 0.15) is 65.7 Å². The van der Waals surface area contributed by atoms with Crippen LogP contribution < -0.4 is 15.4 Å². The van der Waals surface area contributed by atoms with Gasteiger partial charge in [-0.2, -0.15) is 0 Å². The van der Waals surface area contributed by atoms with E-state index in [2.05, 4.69) is 26.6 Å². The van der Waals surface area contributed by atoms with Crippen molar-refractivity contribution in [2.75, 3.05) is 6.54 Å². The molecule has 0 spiro atoms. The number of carbonyl (C=O) groups is 4. The number of nitrogens with zero attached hydrogens (tertiary/aromatic N) is 3. The molecule has 1 saturated carbocycles. The largest absolute Gasteiger partial charge is 0.479 e. The zero-order valence-corrected chi connectivity index (χ0v) is 29.2. The number of halogens is 1. The Labute approximate surface area is 291 Å². The SMILES string of the molecule is CC(C)(C)OC(=O)N[C@@H]1CCCCC/C=C\C2CC2(C(=O)O)NC(=O)C2C[C@@H](Oc3nc4ccccc4nc3-c3ccc(Br)o3)CN2C1=O. The molecule has 0 radical (unpaired) electrons. The van der Waals surface area contributed by atoms with Gasteiger partial charge >= 0.3 is 12.1 Å². The highest BCUT2D eigenvalue weighted by molar-refractivity contribution is 9.10. The van der Waals surface area contributed by atoms with Crippen LogP contribution in [0.15, 0.2) is 57.6 Å². The quantitative estimate of drug-likeness (QED) is 0.289. The first kappa shape index (κ1) is 34.4. The van der Waals surface area contributed by atoms with Crippen LogP contribution in [0, 0.1) is 5.92 Å². The maximum atomic E-state index is 14.3. The van der Waals surface area contributed by atoms with Crippen molar-refractivity contribution in [3.63, 3.8) is 0 Å². The summed E-state index contributed by atoms with van der Waals surface area (Å²) in [4.78, 5) is 64.5. The molecule has 14 heteroatoms. The molecule has 3 unspecified atom stereocenters. The highest BCUT2D eigenvalue weighted by Gasteiger charge is 2.61. The highest BCUT2D eigenvalue weighted by atomic mass is 79.9. The Balaban J connectivity index is 1.33. The number of amides is 3. The number of benzene rings is 1. The molecular weight excluding hydrogens is 698 g/mol. The third kappa shape index (κ3) is 7.74. The number of hydrogen-bond donors (Lipinski definition) is 3. The minimum atomic E-state index is -1.46. The fourth-order valence-electron chi connectivity index (χ4n) is 6.42. The van der Waals surface area contributed by atoms with Gasteiger partial charge in [0.15, 0.2) is 16.1 Å². The Morgan fingerprint density at radius 2 is 1.86 bits per heavy atom. The minimum Gasteiger partial charge on any atom is -0.479 e. The van der Waals surface area contributed by atoms with Gasteiger partial charge in [0.25, 0.3) is 0 Å². The Bertz CT molecular complexity index is 1790. The number of nitrogens with one attached hydrogen (secondary N) is 2. The van der Waals surface area contributed by atoms with Gasteiger partial charge in [0, 0.05) is 12.3 Å². The van der Waals surface area contributed by atoms with Crippen molar-refractivity contribution < 1.29 is 38.2 Å². The maximum absolute atomic E-state index is 14.3. The molecule has 2 fully saturated rings. The molecule has 2 aromatic heterocycles. The molecule has 3 amide bonds. The second-order valence-electron chi connectivity index (χ2n) is 13.8. The second-order valence-corrected chi connectivity index (χ2v) is 14.6. The van der Waals surface area contributed by atoms with Crippen molar-refractivity contribution in [1.29, 1.82) is 0 Å². The number of aliphatic carboxylic acids is 1. The van der Waals surface area contributed by atoms with Gasteiger partial charge in [-0.05, 0) is 86.6 Å². The van der Waals surface area contributed by atoms with Gasteiger partial charge in [-0.15, -0.1) is 0 Å². The second kappa shape index (κ2) is 13.8. The molecule has 2 aliphatic heterocycles. The summed E-state index contributed by atoms with van der Waals surface area (Å²) >= 11 is 3.33. The number of allylic oxidation sites excluding steroid dienone is 1. The summed E-state index contributed by atoms with van der Waals surface area (Å²) in [5, 5.41) is 15.7. The zero-order valence-electron chi connectivity index (χ0n) is 27.6. The predicted octanol–water partition coefficient (Wildman–Crippen LogP) is 5.37. The number of hydrogen-bond acceptors (Lipinski definition) is 9. The zero-order chi connectivity index (χ0) is 34.9. The van der Waals surface area contributed by atoms with Crippen LogP contribution in [0.4, 0.5) is 4.79 Å². The van der Waals surface area contributed by atoms with Gasteiger partial charge in [0.2, 0.25) is 17.7 Å². The Kier molecular flexibility index (Phi) is 9.70. The minimum absolute atomic E-state index is 0.0252. The van der Waals surface area contributed by atoms with Crippen molar-refractivity contribution in [1.82, 2.24) is 25.5 Å². The molecule has 1 aliphatic carbocycles. The van der Waals surface area contributed by atoms with Crippen LogP contribution in [-0.4, -0.2) is 79.7 Å². The number of rotatable bonds is 5. The van der Waals surface area contributed by atoms with E-state index < -0.39 is 53.2 Å². The van der Waals surface area contributed by atoms with Gasteiger partial charge in [-0.1, -0.05) is 37.1 Å². The molecule has 3 aliphatic rings. The van der Waals surface area contributed by atoms with Crippen LogP contribution in [0.3, 0.4) is 0 Å². The number of fused-ring (bicyclic) bond motifs is 3. The first-order chi connectivity index (χ1) is 23.3. The third-order valence-electron chi connectivity index (χ3n) is 8.94. The van der Waals surface area contributed by atoms with Crippen LogP contribution in [0.2, 0.25) is 0 Å². The first-order valence-electron chi connectivity index (χ1n) is 16.5. The Morgan fingerprint density at radius 3 is 2.55 bits per heavy atom. The lowest BCUT2D eigenvalue weighted by Gasteiger charge is -2.30. The lowest BCUT2D eigenvalue weighted by atomic mass is 10.0. The molecule has 49 heavy (non-hydrogen) atoms. The van der Waals surface area contributed by atoms with Crippen molar-refractivity contribution in [2.24, 2.45) is 5.92 Å². The summed E-state index contributed by atoms with van der Waals surface area (Å²) < 4.78 is 18.2. The van der Waals surface area contributed by atoms with Gasteiger partial charge in [-0.3, -0.25) is 9.59 Å². The molecule has 4 heterocycles. The monoisotopic (exact) mass is 737 g/mol. The maximum Gasteiger partial charge on any atom is 0.408 e. The van der Waals surface area contributed by atoms with Gasteiger partial charge in [-0.25, -0.2) is 19.6 Å². The summed E-state index contributed by atoms with van der Waals surface area (Å²) in [6.45, 7) is 5.17. The summed E-state index contributed by atoms with van der Waals surface area (Å²) in [7, 11) is 0.